The van der Waals surface area contributed by atoms with E-state index < -0.39 is 0 Å². The zero-order valence-electron chi connectivity index (χ0n) is 14.3. The fourth-order valence-electron chi connectivity index (χ4n) is 2.84. The molecule has 1 fully saturated rings. The Bertz CT molecular complexity index is 506. The molecule has 0 bridgehead atoms. The molecule has 1 aliphatic heterocycles. The molecule has 1 aromatic rings. The van der Waals surface area contributed by atoms with Crippen molar-refractivity contribution in [3.8, 4) is 0 Å². The monoisotopic (exact) mass is 291 g/mol. The summed E-state index contributed by atoms with van der Waals surface area (Å²) in [5.74, 6) is 2.37. The minimum atomic E-state index is -0.0957. The molecule has 1 unspecified atom stereocenters. The van der Waals surface area contributed by atoms with Crippen molar-refractivity contribution in [2.75, 3.05) is 37.8 Å². The van der Waals surface area contributed by atoms with Crippen molar-refractivity contribution in [2.45, 2.75) is 52.0 Å². The lowest BCUT2D eigenvalue weighted by atomic mass is 9.95. The summed E-state index contributed by atoms with van der Waals surface area (Å²) in [6, 6.07) is 0.601. The Balaban J connectivity index is 2.27. The van der Waals surface area contributed by atoms with Gasteiger partial charge in [0.2, 0.25) is 0 Å². The Morgan fingerprint density at radius 1 is 1.33 bits per heavy atom. The van der Waals surface area contributed by atoms with Gasteiger partial charge in [0.25, 0.3) is 0 Å². The first-order chi connectivity index (χ1) is 9.70. The summed E-state index contributed by atoms with van der Waals surface area (Å²) in [5.41, 5.74) is 6.99. The van der Waals surface area contributed by atoms with E-state index in [-0.39, 0.29) is 5.41 Å². The maximum absolute atomic E-state index is 6.10. The highest BCUT2D eigenvalue weighted by molar-refractivity contribution is 5.56. The fourth-order valence-corrected chi connectivity index (χ4v) is 2.84. The summed E-state index contributed by atoms with van der Waals surface area (Å²) < 4.78 is 0. The van der Waals surface area contributed by atoms with E-state index >= 15 is 0 Å². The number of likely N-dealkylation sites (N-methyl/N-ethyl adjacent to an activating group) is 2. The van der Waals surface area contributed by atoms with Gasteiger partial charge in [0.05, 0.1) is 0 Å². The van der Waals surface area contributed by atoms with Crippen LogP contribution in [0, 0.1) is 6.92 Å². The molecule has 2 N–H and O–H groups in total. The third-order valence-corrected chi connectivity index (χ3v) is 4.35. The molecule has 1 aliphatic rings. The summed E-state index contributed by atoms with van der Waals surface area (Å²) in [6.45, 7) is 10.5. The van der Waals surface area contributed by atoms with E-state index in [1.165, 1.54) is 19.4 Å². The SMILES string of the molecule is Cc1c(N)nc(C(C)(C)C)nc1N(C)CC1CCCN1C. The third kappa shape index (κ3) is 3.46. The number of rotatable bonds is 3. The maximum Gasteiger partial charge on any atom is 0.138 e. The van der Waals surface area contributed by atoms with Crippen molar-refractivity contribution in [3.63, 3.8) is 0 Å². The molecule has 0 radical (unpaired) electrons. The first kappa shape index (κ1) is 16.0. The molecule has 0 spiro atoms. The normalized spacial score (nSPS) is 20.0. The lowest BCUT2D eigenvalue weighted by molar-refractivity contribution is 0.314. The molecule has 0 aliphatic carbocycles. The number of likely N-dealkylation sites (tertiary alicyclic amines) is 1. The summed E-state index contributed by atoms with van der Waals surface area (Å²) >= 11 is 0. The molecule has 0 saturated carbocycles. The van der Waals surface area contributed by atoms with Crippen LogP contribution in [0.25, 0.3) is 0 Å². The topological polar surface area (TPSA) is 58.3 Å². The van der Waals surface area contributed by atoms with Crippen LogP contribution >= 0.6 is 0 Å². The van der Waals surface area contributed by atoms with Gasteiger partial charge < -0.3 is 15.5 Å². The summed E-state index contributed by atoms with van der Waals surface area (Å²) in [5, 5.41) is 0. The van der Waals surface area contributed by atoms with Crippen LogP contribution in [-0.4, -0.2) is 48.1 Å². The number of hydrogen-bond donors (Lipinski definition) is 1. The zero-order valence-corrected chi connectivity index (χ0v) is 14.3. The largest absolute Gasteiger partial charge is 0.383 e. The van der Waals surface area contributed by atoms with Crippen molar-refractivity contribution in [3.05, 3.63) is 11.4 Å². The highest BCUT2D eigenvalue weighted by atomic mass is 15.2. The molecule has 2 heterocycles. The standard InChI is InChI=1S/C16H29N5/c1-11-13(17)18-15(16(2,3)4)19-14(11)21(6)10-12-8-7-9-20(12)5/h12H,7-10H2,1-6H3,(H2,17,18,19). The number of nitrogen functional groups attached to an aromatic ring is 1. The number of aromatic nitrogens is 2. The van der Waals surface area contributed by atoms with E-state index in [4.69, 9.17) is 10.7 Å². The summed E-state index contributed by atoms with van der Waals surface area (Å²) in [6.07, 6.45) is 2.54. The number of nitrogens with two attached hydrogens (primary N) is 1. The van der Waals surface area contributed by atoms with Gasteiger partial charge in [-0.1, -0.05) is 20.8 Å². The van der Waals surface area contributed by atoms with E-state index in [9.17, 15) is 0 Å². The van der Waals surface area contributed by atoms with Gasteiger partial charge in [-0.15, -0.1) is 0 Å². The van der Waals surface area contributed by atoms with Crippen molar-refractivity contribution >= 4 is 11.6 Å². The number of anilines is 2. The lowest BCUT2D eigenvalue weighted by Gasteiger charge is -2.29. The third-order valence-electron chi connectivity index (χ3n) is 4.35. The first-order valence-electron chi connectivity index (χ1n) is 7.76. The average molecular weight is 291 g/mol. The second-order valence-electron chi connectivity index (χ2n) is 7.29. The Hall–Kier alpha value is -1.36. The van der Waals surface area contributed by atoms with Crippen LogP contribution < -0.4 is 10.6 Å². The van der Waals surface area contributed by atoms with Crippen LogP contribution in [-0.2, 0) is 5.41 Å². The molecule has 0 aromatic carbocycles. The number of nitrogens with zero attached hydrogens (tertiary/aromatic N) is 4. The molecule has 2 rings (SSSR count). The van der Waals surface area contributed by atoms with Crippen molar-refractivity contribution in [1.29, 1.82) is 0 Å². The van der Waals surface area contributed by atoms with Crippen LogP contribution in [0.1, 0.15) is 45.0 Å². The Morgan fingerprint density at radius 3 is 2.52 bits per heavy atom. The van der Waals surface area contributed by atoms with Gasteiger partial charge in [-0.25, -0.2) is 9.97 Å². The Kier molecular flexibility index (Phi) is 4.42. The quantitative estimate of drug-likeness (QED) is 0.925. The van der Waals surface area contributed by atoms with Gasteiger partial charge >= 0.3 is 0 Å². The molecule has 0 amide bonds. The maximum atomic E-state index is 6.10. The van der Waals surface area contributed by atoms with Crippen LogP contribution in [0.5, 0.6) is 0 Å². The van der Waals surface area contributed by atoms with Gasteiger partial charge in [0.1, 0.15) is 17.5 Å². The van der Waals surface area contributed by atoms with Crippen LogP contribution in [0.4, 0.5) is 11.6 Å². The molecule has 118 valence electrons. The van der Waals surface area contributed by atoms with Crippen molar-refractivity contribution in [2.24, 2.45) is 0 Å². The van der Waals surface area contributed by atoms with Crippen LogP contribution in [0.3, 0.4) is 0 Å². The fraction of sp³-hybridized carbons (Fsp3) is 0.750. The minimum Gasteiger partial charge on any atom is -0.383 e. The average Bonchev–Trinajstić information content (AvgIpc) is 2.76. The molecule has 1 aromatic heterocycles. The van der Waals surface area contributed by atoms with Crippen molar-refractivity contribution < 1.29 is 0 Å². The van der Waals surface area contributed by atoms with Gasteiger partial charge in [0.15, 0.2) is 0 Å². The highest BCUT2D eigenvalue weighted by Crippen LogP contribution is 2.27. The minimum absolute atomic E-state index is 0.0957. The van der Waals surface area contributed by atoms with E-state index in [1.54, 1.807) is 0 Å². The van der Waals surface area contributed by atoms with Crippen molar-refractivity contribution in [1.82, 2.24) is 14.9 Å². The number of hydrogen-bond acceptors (Lipinski definition) is 5. The van der Waals surface area contributed by atoms with E-state index in [1.807, 2.05) is 6.92 Å². The highest BCUT2D eigenvalue weighted by Gasteiger charge is 2.25. The Morgan fingerprint density at radius 2 is 2.00 bits per heavy atom. The summed E-state index contributed by atoms with van der Waals surface area (Å²) in [7, 11) is 4.31. The predicted octanol–water partition coefficient (Wildman–Crippen LogP) is 2.20. The van der Waals surface area contributed by atoms with E-state index in [2.05, 4.69) is 49.7 Å². The Labute approximate surface area is 128 Å². The first-order valence-corrected chi connectivity index (χ1v) is 7.76. The summed E-state index contributed by atoms with van der Waals surface area (Å²) in [4.78, 5) is 13.9. The molecule has 1 saturated heterocycles. The molecule has 1 atom stereocenters. The lowest BCUT2D eigenvalue weighted by Crippen LogP contribution is -2.37. The van der Waals surface area contributed by atoms with Gasteiger partial charge in [-0.2, -0.15) is 0 Å². The molecule has 5 nitrogen and oxygen atoms in total. The molecule has 21 heavy (non-hydrogen) atoms. The zero-order chi connectivity index (χ0) is 15.8. The van der Waals surface area contributed by atoms with E-state index in [0.717, 1.165) is 23.8 Å². The van der Waals surface area contributed by atoms with Crippen LogP contribution in [0.15, 0.2) is 0 Å². The van der Waals surface area contributed by atoms with Gasteiger partial charge in [0, 0.05) is 30.6 Å². The van der Waals surface area contributed by atoms with Gasteiger partial charge in [-0.3, -0.25) is 0 Å². The molecule has 5 heteroatoms. The van der Waals surface area contributed by atoms with Crippen LogP contribution in [0.2, 0.25) is 0 Å². The second kappa shape index (κ2) is 5.79. The predicted molar refractivity (Wildman–Crippen MR) is 88.8 cm³/mol. The van der Waals surface area contributed by atoms with E-state index in [0.29, 0.717) is 11.9 Å². The van der Waals surface area contributed by atoms with Gasteiger partial charge in [-0.05, 0) is 33.4 Å². The molecular formula is C16H29N5. The second-order valence-corrected chi connectivity index (χ2v) is 7.29. The smallest absolute Gasteiger partial charge is 0.138 e. The molecular weight excluding hydrogens is 262 g/mol.